The third-order valence-corrected chi connectivity index (χ3v) is 6.54. The summed E-state index contributed by atoms with van der Waals surface area (Å²) >= 11 is 0. The summed E-state index contributed by atoms with van der Waals surface area (Å²) in [4.78, 5) is 30.5. The number of rotatable bonds is 4. The summed E-state index contributed by atoms with van der Waals surface area (Å²) in [5.74, 6) is 3.32. The number of nitrogens with zero attached hydrogens (tertiary/aromatic N) is 5. The highest BCUT2D eigenvalue weighted by atomic mass is 15.0. The predicted molar refractivity (Wildman–Crippen MR) is 142 cm³/mol. The molecule has 36 heavy (non-hydrogen) atoms. The van der Waals surface area contributed by atoms with E-state index in [0.29, 0.717) is 0 Å². The van der Waals surface area contributed by atoms with Crippen molar-refractivity contribution in [3.8, 4) is 23.0 Å². The highest BCUT2D eigenvalue weighted by Gasteiger charge is 2.14. The van der Waals surface area contributed by atoms with Crippen LogP contribution in [0.2, 0.25) is 0 Å². The molecule has 0 bridgehead atoms. The van der Waals surface area contributed by atoms with E-state index >= 15 is 0 Å². The van der Waals surface area contributed by atoms with Crippen LogP contribution in [-0.2, 0) is 0 Å². The van der Waals surface area contributed by atoms with Crippen molar-refractivity contribution in [1.29, 1.82) is 0 Å². The second-order valence-corrected chi connectivity index (χ2v) is 9.06. The molecule has 5 aromatic rings. The molecule has 0 saturated carbocycles. The molecule has 0 aliphatic carbocycles. The fourth-order valence-electron chi connectivity index (χ4n) is 4.70. The molecule has 9 heteroatoms. The Labute approximate surface area is 207 Å². The molecule has 178 valence electrons. The van der Waals surface area contributed by atoms with Gasteiger partial charge in [-0.15, -0.1) is 0 Å². The highest BCUT2D eigenvalue weighted by Crippen LogP contribution is 2.25. The van der Waals surface area contributed by atoms with Gasteiger partial charge >= 0.3 is 0 Å². The first kappa shape index (κ1) is 20.8. The van der Waals surface area contributed by atoms with E-state index < -0.39 is 0 Å². The monoisotopic (exact) mass is 475 g/mol. The number of benzene rings is 2. The molecule has 2 aromatic carbocycles. The average molecular weight is 476 g/mol. The van der Waals surface area contributed by atoms with Crippen molar-refractivity contribution in [1.82, 2.24) is 35.6 Å². The van der Waals surface area contributed by atoms with Crippen molar-refractivity contribution >= 4 is 33.7 Å². The van der Waals surface area contributed by atoms with Crippen LogP contribution >= 0.6 is 0 Å². The first-order chi connectivity index (χ1) is 17.8. The lowest BCUT2D eigenvalue weighted by molar-refractivity contribution is 0.742. The Morgan fingerprint density at radius 3 is 1.58 bits per heavy atom. The number of pyridine rings is 1. The van der Waals surface area contributed by atoms with E-state index in [-0.39, 0.29) is 0 Å². The maximum absolute atomic E-state index is 4.87. The molecule has 2 aliphatic heterocycles. The van der Waals surface area contributed by atoms with Crippen LogP contribution in [0.5, 0.6) is 0 Å². The Balaban J connectivity index is 1.21. The summed E-state index contributed by atoms with van der Waals surface area (Å²) in [5.41, 5.74) is 7.35. The molecule has 0 atom stereocenters. The quantitative estimate of drug-likeness (QED) is 0.316. The molecule has 0 radical (unpaired) electrons. The molecular weight excluding hydrogens is 450 g/mol. The van der Waals surface area contributed by atoms with E-state index in [4.69, 9.17) is 15.0 Å². The van der Waals surface area contributed by atoms with Gasteiger partial charge in [-0.25, -0.2) is 15.0 Å². The SMILES string of the molecule is c1cc(-c2nc3cc(C4=NCCCN4)ccc3[nH]2)nc(-c2nc3cc(C4=NCCCN4)ccc3[nH]2)c1. The van der Waals surface area contributed by atoms with E-state index in [0.717, 1.165) is 107 Å². The number of H-pyrrole nitrogens is 2. The summed E-state index contributed by atoms with van der Waals surface area (Å²) < 4.78 is 0. The smallest absolute Gasteiger partial charge is 0.157 e. The fraction of sp³-hybridized carbons (Fsp3) is 0.222. The minimum Gasteiger partial charge on any atom is -0.370 e. The van der Waals surface area contributed by atoms with Gasteiger partial charge in [-0.1, -0.05) is 6.07 Å². The van der Waals surface area contributed by atoms with Crippen molar-refractivity contribution in [2.45, 2.75) is 12.8 Å². The highest BCUT2D eigenvalue weighted by molar-refractivity contribution is 6.02. The van der Waals surface area contributed by atoms with Crippen LogP contribution in [0.1, 0.15) is 24.0 Å². The van der Waals surface area contributed by atoms with Crippen LogP contribution in [0.15, 0.2) is 64.6 Å². The average Bonchev–Trinajstić information content (AvgIpc) is 3.58. The van der Waals surface area contributed by atoms with Gasteiger partial charge in [-0.05, 0) is 61.4 Å². The van der Waals surface area contributed by atoms with Crippen LogP contribution in [0.25, 0.3) is 45.1 Å². The van der Waals surface area contributed by atoms with Crippen molar-refractivity contribution in [2.75, 3.05) is 26.2 Å². The topological polar surface area (TPSA) is 119 Å². The van der Waals surface area contributed by atoms with Crippen LogP contribution in [-0.4, -0.2) is 62.8 Å². The summed E-state index contributed by atoms with van der Waals surface area (Å²) in [6, 6.07) is 18.3. The minimum absolute atomic E-state index is 0.724. The van der Waals surface area contributed by atoms with Crippen molar-refractivity contribution in [3.63, 3.8) is 0 Å². The first-order valence-corrected chi connectivity index (χ1v) is 12.3. The van der Waals surface area contributed by atoms with Gasteiger partial charge in [0, 0.05) is 37.3 Å². The van der Waals surface area contributed by atoms with Gasteiger partial charge in [-0.2, -0.15) is 0 Å². The van der Waals surface area contributed by atoms with Gasteiger partial charge in [0.25, 0.3) is 0 Å². The maximum Gasteiger partial charge on any atom is 0.157 e. The lowest BCUT2D eigenvalue weighted by Crippen LogP contribution is -2.30. The zero-order valence-electron chi connectivity index (χ0n) is 19.7. The third-order valence-electron chi connectivity index (χ3n) is 6.54. The molecular formula is C27H25N9. The molecule has 7 rings (SSSR count). The van der Waals surface area contributed by atoms with E-state index in [1.165, 1.54) is 0 Å². The molecule has 0 fully saturated rings. The Morgan fingerprint density at radius 2 is 1.11 bits per heavy atom. The van der Waals surface area contributed by atoms with E-state index in [9.17, 15) is 0 Å². The molecule has 0 amide bonds. The van der Waals surface area contributed by atoms with Crippen LogP contribution in [0.3, 0.4) is 0 Å². The van der Waals surface area contributed by atoms with Gasteiger partial charge in [0.15, 0.2) is 11.6 Å². The molecule has 4 N–H and O–H groups in total. The van der Waals surface area contributed by atoms with E-state index in [1.54, 1.807) is 0 Å². The number of amidine groups is 2. The molecule has 0 spiro atoms. The van der Waals surface area contributed by atoms with Crippen LogP contribution < -0.4 is 10.6 Å². The Morgan fingerprint density at radius 1 is 0.583 bits per heavy atom. The summed E-state index contributed by atoms with van der Waals surface area (Å²) in [5, 5.41) is 6.75. The molecule has 9 nitrogen and oxygen atoms in total. The minimum atomic E-state index is 0.724. The third kappa shape index (κ3) is 3.78. The van der Waals surface area contributed by atoms with Gasteiger partial charge in [-0.3, -0.25) is 9.98 Å². The summed E-state index contributed by atoms with van der Waals surface area (Å²) in [6.07, 6.45) is 2.14. The second-order valence-electron chi connectivity index (χ2n) is 9.06. The number of aromatic amines is 2. The lowest BCUT2D eigenvalue weighted by Gasteiger charge is -2.14. The summed E-state index contributed by atoms with van der Waals surface area (Å²) in [6.45, 7) is 3.62. The van der Waals surface area contributed by atoms with Crippen LogP contribution in [0.4, 0.5) is 0 Å². The molecule has 3 aromatic heterocycles. The van der Waals surface area contributed by atoms with Crippen LogP contribution in [0, 0.1) is 0 Å². The predicted octanol–water partition coefficient (Wildman–Crippen LogP) is 3.65. The number of nitrogens with one attached hydrogen (secondary N) is 4. The Kier molecular flexibility index (Phi) is 4.97. The second kappa shape index (κ2) is 8.60. The zero-order valence-corrected chi connectivity index (χ0v) is 19.7. The van der Waals surface area contributed by atoms with Crippen molar-refractivity contribution in [2.24, 2.45) is 9.98 Å². The van der Waals surface area contributed by atoms with Gasteiger partial charge in [0.05, 0.1) is 22.1 Å². The van der Waals surface area contributed by atoms with E-state index in [1.807, 2.05) is 30.3 Å². The number of fused-ring (bicyclic) bond motifs is 2. The number of hydrogen-bond donors (Lipinski definition) is 4. The molecule has 2 aliphatic rings. The van der Waals surface area contributed by atoms with Gasteiger partial charge in [0.2, 0.25) is 0 Å². The summed E-state index contributed by atoms with van der Waals surface area (Å²) in [7, 11) is 0. The zero-order chi connectivity index (χ0) is 23.9. The van der Waals surface area contributed by atoms with Gasteiger partial charge in [0.1, 0.15) is 23.1 Å². The lowest BCUT2D eigenvalue weighted by atomic mass is 10.1. The van der Waals surface area contributed by atoms with E-state index in [2.05, 4.69) is 54.9 Å². The largest absolute Gasteiger partial charge is 0.370 e. The van der Waals surface area contributed by atoms with Gasteiger partial charge < -0.3 is 20.6 Å². The number of imidazole rings is 2. The first-order valence-electron chi connectivity index (χ1n) is 12.3. The molecule has 0 saturated heterocycles. The normalized spacial score (nSPS) is 15.9. The van der Waals surface area contributed by atoms with Crippen molar-refractivity contribution in [3.05, 3.63) is 65.7 Å². The Hall–Kier alpha value is -4.53. The molecule has 0 unspecified atom stereocenters. The fourth-order valence-corrected chi connectivity index (χ4v) is 4.70. The number of aromatic nitrogens is 5. The van der Waals surface area contributed by atoms with Crippen molar-refractivity contribution < 1.29 is 0 Å². The molecule has 5 heterocycles. The number of aliphatic imine (C=N–C) groups is 2. The Bertz CT molecular complexity index is 1540. The standard InChI is InChI=1S/C27H25N9/c1-4-20(26-33-18-8-6-16(14-22(18)35-26)24-28-10-2-11-29-24)32-21(5-1)27-34-19-9-7-17(15-23(19)36-27)25-30-12-3-13-31-25/h1,4-9,14-15H,2-3,10-13H2,(H,28,29)(H,30,31)(H,33,35)(H,34,36). The number of hydrogen-bond acceptors (Lipinski definition) is 7. The maximum atomic E-state index is 4.87.